The predicted molar refractivity (Wildman–Crippen MR) is 75.0 cm³/mol. The third kappa shape index (κ3) is 3.00. The van der Waals surface area contributed by atoms with Crippen molar-refractivity contribution in [2.75, 3.05) is 13.1 Å². The summed E-state index contributed by atoms with van der Waals surface area (Å²) in [4.78, 5) is 14.5. The molecular formula is C15H24N2O2. The van der Waals surface area contributed by atoms with Crippen LogP contribution in [0.3, 0.4) is 0 Å². The van der Waals surface area contributed by atoms with Gasteiger partial charge in [-0.05, 0) is 51.3 Å². The lowest BCUT2D eigenvalue weighted by atomic mass is 9.83. The molecule has 1 aromatic heterocycles. The molecule has 0 aliphatic heterocycles. The number of hydrogen-bond acceptors (Lipinski definition) is 3. The minimum Gasteiger partial charge on any atom is -0.456 e. The van der Waals surface area contributed by atoms with Gasteiger partial charge in [0.2, 0.25) is 0 Å². The van der Waals surface area contributed by atoms with Gasteiger partial charge in [-0.2, -0.15) is 0 Å². The number of nitrogens with zero attached hydrogens (tertiary/aromatic N) is 1. The van der Waals surface area contributed by atoms with Gasteiger partial charge in [-0.1, -0.05) is 12.8 Å². The Labute approximate surface area is 114 Å². The summed E-state index contributed by atoms with van der Waals surface area (Å²) in [5.41, 5.74) is 5.87. The second kappa shape index (κ2) is 6.24. The third-order valence-corrected chi connectivity index (χ3v) is 4.12. The molecule has 1 fully saturated rings. The largest absolute Gasteiger partial charge is 0.456 e. The van der Waals surface area contributed by atoms with Gasteiger partial charge in [0.1, 0.15) is 5.76 Å². The molecule has 1 heterocycles. The van der Waals surface area contributed by atoms with Gasteiger partial charge >= 0.3 is 0 Å². The van der Waals surface area contributed by atoms with Crippen LogP contribution in [0.2, 0.25) is 0 Å². The van der Waals surface area contributed by atoms with E-state index in [4.69, 9.17) is 10.2 Å². The van der Waals surface area contributed by atoms with Gasteiger partial charge in [-0.3, -0.25) is 4.79 Å². The minimum atomic E-state index is 0.000880. The monoisotopic (exact) mass is 264 g/mol. The van der Waals surface area contributed by atoms with E-state index in [-0.39, 0.29) is 11.9 Å². The quantitative estimate of drug-likeness (QED) is 0.909. The number of carbonyl (C=O) groups excluding carboxylic acids is 1. The first-order valence-electron chi connectivity index (χ1n) is 7.24. The molecule has 1 aliphatic carbocycles. The second-order valence-electron chi connectivity index (χ2n) is 5.35. The van der Waals surface area contributed by atoms with E-state index < -0.39 is 0 Å². The lowest BCUT2D eigenvalue weighted by Gasteiger charge is -2.38. The zero-order chi connectivity index (χ0) is 13.8. The van der Waals surface area contributed by atoms with Crippen molar-refractivity contribution in [3.63, 3.8) is 0 Å². The number of hydrogen-bond donors (Lipinski definition) is 1. The second-order valence-corrected chi connectivity index (χ2v) is 5.35. The molecule has 0 spiro atoms. The summed E-state index contributed by atoms with van der Waals surface area (Å²) in [5, 5.41) is 0. The van der Waals surface area contributed by atoms with Crippen LogP contribution in [0.1, 0.15) is 48.9 Å². The number of furan rings is 1. The highest BCUT2D eigenvalue weighted by molar-refractivity contribution is 5.91. The van der Waals surface area contributed by atoms with Crippen LogP contribution in [0, 0.1) is 12.8 Å². The summed E-state index contributed by atoms with van der Waals surface area (Å²) in [6, 6.07) is 3.87. The van der Waals surface area contributed by atoms with Crippen LogP contribution < -0.4 is 5.73 Å². The Bertz CT molecular complexity index is 428. The average Bonchev–Trinajstić information content (AvgIpc) is 2.86. The van der Waals surface area contributed by atoms with Gasteiger partial charge in [0, 0.05) is 12.6 Å². The van der Waals surface area contributed by atoms with E-state index in [0.717, 1.165) is 18.6 Å². The van der Waals surface area contributed by atoms with Gasteiger partial charge in [-0.15, -0.1) is 0 Å². The molecule has 1 amide bonds. The Hall–Kier alpha value is -1.29. The lowest BCUT2D eigenvalue weighted by molar-refractivity contribution is 0.0527. The SMILES string of the molecule is CCN(C(=O)c1ccc(C)o1)C1CCCCC1CN. The summed E-state index contributed by atoms with van der Waals surface area (Å²) in [6.45, 7) is 5.25. The molecule has 1 aliphatic rings. The van der Waals surface area contributed by atoms with Crippen molar-refractivity contribution in [2.45, 2.75) is 45.6 Å². The van der Waals surface area contributed by atoms with Crippen molar-refractivity contribution in [2.24, 2.45) is 11.7 Å². The molecule has 1 aromatic rings. The van der Waals surface area contributed by atoms with Crippen LogP contribution in [0.15, 0.2) is 16.5 Å². The fourth-order valence-corrected chi connectivity index (χ4v) is 3.09. The van der Waals surface area contributed by atoms with Crippen LogP contribution >= 0.6 is 0 Å². The molecule has 106 valence electrons. The van der Waals surface area contributed by atoms with Crippen LogP contribution in [0.25, 0.3) is 0 Å². The number of aryl methyl sites for hydroxylation is 1. The van der Waals surface area contributed by atoms with Gasteiger partial charge in [0.15, 0.2) is 5.76 Å². The zero-order valence-electron chi connectivity index (χ0n) is 11.9. The van der Waals surface area contributed by atoms with Crippen LogP contribution in [0.4, 0.5) is 0 Å². The Balaban J connectivity index is 2.16. The smallest absolute Gasteiger partial charge is 0.289 e. The molecule has 2 atom stereocenters. The van der Waals surface area contributed by atoms with Crippen molar-refractivity contribution < 1.29 is 9.21 Å². The topological polar surface area (TPSA) is 59.5 Å². The molecule has 0 radical (unpaired) electrons. The fraction of sp³-hybridized carbons (Fsp3) is 0.667. The van der Waals surface area contributed by atoms with E-state index >= 15 is 0 Å². The first kappa shape index (κ1) is 14.1. The van der Waals surface area contributed by atoms with E-state index in [9.17, 15) is 4.79 Å². The maximum Gasteiger partial charge on any atom is 0.289 e. The summed E-state index contributed by atoms with van der Waals surface area (Å²) in [6.07, 6.45) is 4.59. The van der Waals surface area contributed by atoms with E-state index in [1.165, 1.54) is 12.8 Å². The highest BCUT2D eigenvalue weighted by Crippen LogP contribution is 2.29. The Kier molecular flexibility index (Phi) is 4.64. The van der Waals surface area contributed by atoms with Gasteiger partial charge < -0.3 is 15.1 Å². The number of nitrogens with two attached hydrogens (primary N) is 1. The Morgan fingerprint density at radius 2 is 2.16 bits per heavy atom. The predicted octanol–water partition coefficient (Wildman–Crippen LogP) is 2.57. The van der Waals surface area contributed by atoms with Crippen molar-refractivity contribution in [3.8, 4) is 0 Å². The fourth-order valence-electron chi connectivity index (χ4n) is 3.09. The summed E-state index contributed by atoms with van der Waals surface area (Å²) < 4.78 is 5.47. The number of amides is 1. The van der Waals surface area contributed by atoms with Gasteiger partial charge in [-0.25, -0.2) is 0 Å². The molecular weight excluding hydrogens is 240 g/mol. The standard InChI is InChI=1S/C15H24N2O2/c1-3-17(13-7-5-4-6-12(13)10-16)15(18)14-9-8-11(2)19-14/h8-9,12-13H,3-7,10,16H2,1-2H3. The summed E-state index contributed by atoms with van der Waals surface area (Å²) in [7, 11) is 0. The van der Waals surface area contributed by atoms with E-state index in [2.05, 4.69) is 0 Å². The Morgan fingerprint density at radius 1 is 1.42 bits per heavy atom. The number of rotatable bonds is 4. The first-order chi connectivity index (χ1) is 9.17. The van der Waals surface area contributed by atoms with Gasteiger partial charge in [0.25, 0.3) is 5.91 Å². The van der Waals surface area contributed by atoms with Crippen LogP contribution in [-0.4, -0.2) is 29.9 Å². The van der Waals surface area contributed by atoms with Crippen molar-refractivity contribution in [1.82, 2.24) is 4.90 Å². The highest BCUT2D eigenvalue weighted by atomic mass is 16.3. The van der Waals surface area contributed by atoms with Crippen LogP contribution in [-0.2, 0) is 0 Å². The lowest BCUT2D eigenvalue weighted by Crippen LogP contribution is -2.47. The van der Waals surface area contributed by atoms with Crippen molar-refractivity contribution in [3.05, 3.63) is 23.7 Å². The molecule has 2 rings (SSSR count). The Morgan fingerprint density at radius 3 is 2.74 bits per heavy atom. The zero-order valence-corrected chi connectivity index (χ0v) is 11.9. The van der Waals surface area contributed by atoms with Crippen LogP contribution in [0.5, 0.6) is 0 Å². The molecule has 1 saturated carbocycles. The van der Waals surface area contributed by atoms with E-state index in [0.29, 0.717) is 24.8 Å². The third-order valence-electron chi connectivity index (χ3n) is 4.12. The minimum absolute atomic E-state index is 0.000880. The summed E-state index contributed by atoms with van der Waals surface area (Å²) in [5.74, 6) is 1.65. The maximum atomic E-state index is 12.5. The average molecular weight is 264 g/mol. The van der Waals surface area contributed by atoms with E-state index in [1.807, 2.05) is 24.8 Å². The normalized spacial score (nSPS) is 23.3. The van der Waals surface area contributed by atoms with Crippen molar-refractivity contribution in [1.29, 1.82) is 0 Å². The van der Waals surface area contributed by atoms with Crippen molar-refractivity contribution >= 4 is 5.91 Å². The molecule has 0 aromatic carbocycles. The highest BCUT2D eigenvalue weighted by Gasteiger charge is 2.32. The summed E-state index contributed by atoms with van der Waals surface area (Å²) >= 11 is 0. The van der Waals surface area contributed by atoms with Gasteiger partial charge in [0.05, 0.1) is 0 Å². The molecule has 19 heavy (non-hydrogen) atoms. The maximum absolute atomic E-state index is 12.5. The van der Waals surface area contributed by atoms with E-state index in [1.54, 1.807) is 6.07 Å². The molecule has 4 nitrogen and oxygen atoms in total. The first-order valence-corrected chi connectivity index (χ1v) is 7.24. The molecule has 4 heteroatoms. The molecule has 2 unspecified atom stereocenters. The number of carbonyl (C=O) groups is 1. The molecule has 0 saturated heterocycles. The molecule has 2 N–H and O–H groups in total. The molecule has 0 bridgehead atoms.